The number of hydrogen-bond donors (Lipinski definition) is 1. The van der Waals surface area contributed by atoms with Crippen LogP contribution < -0.4 is 5.48 Å². The van der Waals surface area contributed by atoms with E-state index in [4.69, 9.17) is 0 Å². The van der Waals surface area contributed by atoms with Gasteiger partial charge in [0.25, 0.3) is 0 Å². The number of allylic oxidation sites excluding steroid dienone is 5. The minimum Gasteiger partial charge on any atom is -0.280 e. The molecule has 0 aromatic rings. The fraction of sp³-hybridized carbons (Fsp3) is 0.538. The third-order valence-electron chi connectivity index (χ3n) is 2.00. The zero-order valence-electron chi connectivity index (χ0n) is 10.3. The van der Waals surface area contributed by atoms with Crippen LogP contribution in [0.1, 0.15) is 40.0 Å². The van der Waals surface area contributed by atoms with Gasteiger partial charge in [-0.15, -0.1) is 0 Å². The van der Waals surface area contributed by atoms with Crippen LogP contribution >= 0.6 is 0 Å². The quantitative estimate of drug-likeness (QED) is 0.509. The Hall–Kier alpha value is -1.02. The van der Waals surface area contributed by atoms with Crippen LogP contribution in [-0.2, 0) is 4.84 Å². The molecule has 0 aromatic heterocycles. The molecule has 0 aliphatic heterocycles. The zero-order valence-corrected chi connectivity index (χ0v) is 10.3. The summed E-state index contributed by atoms with van der Waals surface area (Å²) in [6, 6.07) is 0. The fourth-order valence-corrected chi connectivity index (χ4v) is 1.14. The van der Waals surface area contributed by atoms with Gasteiger partial charge in [0.15, 0.2) is 0 Å². The van der Waals surface area contributed by atoms with Crippen LogP contribution in [0, 0.1) is 0 Å². The predicted octanol–water partition coefficient (Wildman–Crippen LogP) is 3.73. The van der Waals surface area contributed by atoms with Gasteiger partial charge in [0.05, 0.1) is 7.11 Å². The Morgan fingerprint density at radius 2 is 1.93 bits per heavy atom. The minimum absolute atomic E-state index is 0.955. The van der Waals surface area contributed by atoms with E-state index in [0.717, 1.165) is 19.3 Å². The maximum absolute atomic E-state index is 4.67. The molecule has 0 bridgehead atoms. The van der Waals surface area contributed by atoms with Gasteiger partial charge in [-0.2, -0.15) is 0 Å². The topological polar surface area (TPSA) is 21.3 Å². The summed E-state index contributed by atoms with van der Waals surface area (Å²) >= 11 is 0. The van der Waals surface area contributed by atoms with Gasteiger partial charge in [-0.3, -0.25) is 10.3 Å². The van der Waals surface area contributed by atoms with Crippen LogP contribution in [0.25, 0.3) is 0 Å². The van der Waals surface area contributed by atoms with E-state index >= 15 is 0 Å². The summed E-state index contributed by atoms with van der Waals surface area (Å²) in [6.07, 6.45) is 11.6. The van der Waals surface area contributed by atoms with Gasteiger partial charge in [0, 0.05) is 6.20 Å². The molecule has 2 nitrogen and oxygen atoms in total. The highest BCUT2D eigenvalue weighted by atomic mass is 16.6. The first-order valence-electron chi connectivity index (χ1n) is 5.39. The molecule has 0 spiro atoms. The summed E-state index contributed by atoms with van der Waals surface area (Å²) in [5, 5.41) is 0. The van der Waals surface area contributed by atoms with E-state index in [0.29, 0.717) is 0 Å². The van der Waals surface area contributed by atoms with E-state index in [-0.39, 0.29) is 0 Å². The molecule has 0 heterocycles. The Kier molecular flexibility index (Phi) is 8.88. The largest absolute Gasteiger partial charge is 0.280 e. The molecule has 0 aromatic carbocycles. The van der Waals surface area contributed by atoms with E-state index in [1.807, 2.05) is 6.08 Å². The lowest BCUT2D eigenvalue weighted by Gasteiger charge is -1.97. The third kappa shape index (κ3) is 10.9. The van der Waals surface area contributed by atoms with Crippen molar-refractivity contribution < 1.29 is 4.84 Å². The van der Waals surface area contributed by atoms with Gasteiger partial charge in [0.2, 0.25) is 0 Å². The molecule has 86 valence electrons. The van der Waals surface area contributed by atoms with Crippen LogP contribution in [0.4, 0.5) is 0 Å². The van der Waals surface area contributed by atoms with Crippen LogP contribution in [0.5, 0.6) is 0 Å². The average Bonchev–Trinajstić information content (AvgIpc) is 2.17. The highest BCUT2D eigenvalue weighted by Gasteiger charge is 1.87. The minimum atomic E-state index is 0.955. The summed E-state index contributed by atoms with van der Waals surface area (Å²) in [4.78, 5) is 4.67. The Morgan fingerprint density at radius 3 is 2.53 bits per heavy atom. The molecule has 0 aliphatic rings. The molecule has 0 saturated heterocycles. The van der Waals surface area contributed by atoms with Gasteiger partial charge in [-0.1, -0.05) is 29.4 Å². The van der Waals surface area contributed by atoms with Crippen molar-refractivity contribution in [3.63, 3.8) is 0 Å². The highest BCUT2D eigenvalue weighted by molar-refractivity contribution is 5.04. The van der Waals surface area contributed by atoms with Gasteiger partial charge in [0.1, 0.15) is 0 Å². The molecule has 0 fully saturated rings. The molecular formula is C13H23NO. The molecule has 0 saturated carbocycles. The number of rotatable bonds is 7. The van der Waals surface area contributed by atoms with Crippen molar-refractivity contribution in [2.45, 2.75) is 40.0 Å². The first kappa shape index (κ1) is 14.0. The molecule has 2 heteroatoms. The maximum atomic E-state index is 4.67. The summed E-state index contributed by atoms with van der Waals surface area (Å²) in [7, 11) is 1.60. The van der Waals surface area contributed by atoms with Crippen LogP contribution in [-0.4, -0.2) is 7.11 Å². The van der Waals surface area contributed by atoms with E-state index in [9.17, 15) is 0 Å². The van der Waals surface area contributed by atoms with E-state index in [2.05, 4.69) is 43.2 Å². The fourth-order valence-electron chi connectivity index (χ4n) is 1.14. The van der Waals surface area contributed by atoms with Crippen molar-refractivity contribution in [3.05, 3.63) is 35.6 Å². The van der Waals surface area contributed by atoms with Crippen LogP contribution in [0.3, 0.4) is 0 Å². The van der Waals surface area contributed by atoms with Crippen LogP contribution in [0.2, 0.25) is 0 Å². The van der Waals surface area contributed by atoms with Crippen molar-refractivity contribution in [2.75, 3.05) is 7.11 Å². The smallest absolute Gasteiger partial charge is 0.0636 e. The normalized spacial score (nSPS) is 11.9. The number of nitrogens with one attached hydrogen (secondary N) is 1. The molecule has 15 heavy (non-hydrogen) atoms. The summed E-state index contributed by atoms with van der Waals surface area (Å²) in [6.45, 7) is 6.45. The first-order valence-corrected chi connectivity index (χ1v) is 5.39. The summed E-state index contributed by atoms with van der Waals surface area (Å²) in [5.74, 6) is 0. The molecule has 0 unspecified atom stereocenters. The van der Waals surface area contributed by atoms with E-state index < -0.39 is 0 Å². The summed E-state index contributed by atoms with van der Waals surface area (Å²) in [5.41, 5.74) is 5.50. The SMILES string of the molecule is CONC=CCC=C(C)CCC=C(C)C. The molecule has 0 atom stereocenters. The summed E-state index contributed by atoms with van der Waals surface area (Å²) < 4.78 is 0. The second-order valence-corrected chi connectivity index (χ2v) is 3.83. The second-order valence-electron chi connectivity index (χ2n) is 3.83. The second kappa shape index (κ2) is 9.53. The lowest BCUT2D eigenvalue weighted by Crippen LogP contribution is -1.99. The number of hydrogen-bond acceptors (Lipinski definition) is 2. The Morgan fingerprint density at radius 1 is 1.20 bits per heavy atom. The third-order valence-corrected chi connectivity index (χ3v) is 2.00. The van der Waals surface area contributed by atoms with Gasteiger partial charge in [-0.25, -0.2) is 0 Å². The monoisotopic (exact) mass is 209 g/mol. The predicted molar refractivity (Wildman–Crippen MR) is 66.3 cm³/mol. The molecule has 0 aliphatic carbocycles. The first-order chi connectivity index (χ1) is 7.16. The van der Waals surface area contributed by atoms with Gasteiger partial charge < -0.3 is 0 Å². The molecular weight excluding hydrogens is 186 g/mol. The average molecular weight is 209 g/mol. The van der Waals surface area contributed by atoms with Gasteiger partial charge >= 0.3 is 0 Å². The Labute approximate surface area is 93.7 Å². The lowest BCUT2D eigenvalue weighted by atomic mass is 10.1. The molecule has 0 rings (SSSR count). The Bertz CT molecular complexity index is 235. The standard InChI is InChI=1S/C13H23NO/c1-12(2)8-7-10-13(3)9-5-6-11-14-15-4/h6,8-9,11,14H,5,7,10H2,1-4H3. The van der Waals surface area contributed by atoms with Crippen molar-refractivity contribution in [2.24, 2.45) is 0 Å². The molecule has 0 amide bonds. The zero-order chi connectivity index (χ0) is 11.5. The van der Waals surface area contributed by atoms with Crippen molar-refractivity contribution >= 4 is 0 Å². The van der Waals surface area contributed by atoms with E-state index in [1.165, 1.54) is 11.1 Å². The van der Waals surface area contributed by atoms with E-state index in [1.54, 1.807) is 13.3 Å². The number of hydroxylamine groups is 1. The maximum Gasteiger partial charge on any atom is 0.0636 e. The highest BCUT2D eigenvalue weighted by Crippen LogP contribution is 2.07. The molecule has 1 N–H and O–H groups in total. The van der Waals surface area contributed by atoms with Crippen LogP contribution in [0.15, 0.2) is 35.6 Å². The van der Waals surface area contributed by atoms with Gasteiger partial charge in [-0.05, 0) is 40.0 Å². The Balaban J connectivity index is 3.65. The van der Waals surface area contributed by atoms with Crippen molar-refractivity contribution in [1.29, 1.82) is 0 Å². The van der Waals surface area contributed by atoms with Crippen molar-refractivity contribution in [1.82, 2.24) is 5.48 Å². The lowest BCUT2D eigenvalue weighted by molar-refractivity contribution is 0.128. The molecule has 0 radical (unpaired) electrons. The van der Waals surface area contributed by atoms with Crippen molar-refractivity contribution in [3.8, 4) is 0 Å².